The van der Waals surface area contributed by atoms with E-state index < -0.39 is 0 Å². The molecule has 92 valence electrons. The number of nitriles is 1. The van der Waals surface area contributed by atoms with Gasteiger partial charge < -0.3 is 5.32 Å². The number of fused-ring (bicyclic) bond motifs is 1. The smallest absolute Gasteiger partial charge is 0.101 e. The molecule has 3 nitrogen and oxygen atoms in total. The fraction of sp³-hybridized carbons (Fsp3) is 0.467. The predicted molar refractivity (Wildman–Crippen MR) is 70.7 cm³/mol. The van der Waals surface area contributed by atoms with Crippen molar-refractivity contribution in [3.05, 3.63) is 35.2 Å². The molecule has 2 aliphatic rings. The van der Waals surface area contributed by atoms with Gasteiger partial charge >= 0.3 is 0 Å². The lowest BCUT2D eigenvalue weighted by Gasteiger charge is -2.25. The molecule has 2 atom stereocenters. The average Bonchev–Trinajstić information content (AvgIpc) is 2.83. The van der Waals surface area contributed by atoms with Gasteiger partial charge in [0.05, 0.1) is 11.3 Å². The van der Waals surface area contributed by atoms with E-state index in [2.05, 4.69) is 22.4 Å². The summed E-state index contributed by atoms with van der Waals surface area (Å²) in [6, 6.07) is 4.20. The molecule has 1 aromatic heterocycles. The lowest BCUT2D eigenvalue weighted by Crippen LogP contribution is -2.33. The SMILES string of the molecule is Cc1ncc(C2=C[C@@H]3CNCC[C@@H]3C2)cc1C#N. The second-order valence-electron chi connectivity index (χ2n) is 5.28. The molecule has 1 N–H and O–H groups in total. The first kappa shape index (κ1) is 11.4. The highest BCUT2D eigenvalue weighted by atomic mass is 14.9. The summed E-state index contributed by atoms with van der Waals surface area (Å²) in [5, 5.41) is 12.5. The highest BCUT2D eigenvalue weighted by Gasteiger charge is 2.30. The first-order valence-electron chi connectivity index (χ1n) is 6.56. The largest absolute Gasteiger partial charge is 0.316 e. The van der Waals surface area contributed by atoms with Crippen LogP contribution in [0.2, 0.25) is 0 Å². The molecule has 3 rings (SSSR count). The molecule has 0 amide bonds. The van der Waals surface area contributed by atoms with Crippen LogP contribution in [0, 0.1) is 30.1 Å². The number of aryl methyl sites for hydroxylation is 1. The van der Waals surface area contributed by atoms with Gasteiger partial charge in [-0.05, 0) is 55.3 Å². The second-order valence-corrected chi connectivity index (χ2v) is 5.28. The zero-order chi connectivity index (χ0) is 12.5. The maximum Gasteiger partial charge on any atom is 0.101 e. The van der Waals surface area contributed by atoms with Gasteiger partial charge in [0.25, 0.3) is 0 Å². The Labute approximate surface area is 108 Å². The number of rotatable bonds is 1. The second kappa shape index (κ2) is 4.55. The third-order valence-corrected chi connectivity index (χ3v) is 4.15. The predicted octanol–water partition coefficient (Wildman–Crippen LogP) is 2.27. The van der Waals surface area contributed by atoms with Gasteiger partial charge in [-0.25, -0.2) is 0 Å². The van der Waals surface area contributed by atoms with Crippen LogP contribution in [0.1, 0.15) is 29.7 Å². The van der Waals surface area contributed by atoms with Gasteiger partial charge in [0.2, 0.25) is 0 Å². The summed E-state index contributed by atoms with van der Waals surface area (Å²) in [7, 11) is 0. The summed E-state index contributed by atoms with van der Waals surface area (Å²) in [6.45, 7) is 4.12. The summed E-state index contributed by atoms with van der Waals surface area (Å²) in [4.78, 5) is 4.33. The van der Waals surface area contributed by atoms with E-state index in [0.29, 0.717) is 11.5 Å². The van der Waals surface area contributed by atoms with Crippen LogP contribution in [0.4, 0.5) is 0 Å². The third kappa shape index (κ3) is 1.93. The van der Waals surface area contributed by atoms with Crippen LogP contribution in [0.25, 0.3) is 5.57 Å². The topological polar surface area (TPSA) is 48.7 Å². The van der Waals surface area contributed by atoms with Crippen LogP contribution in [0.5, 0.6) is 0 Å². The molecule has 0 radical (unpaired) electrons. The molecular formula is C15H17N3. The van der Waals surface area contributed by atoms with Gasteiger partial charge in [-0.2, -0.15) is 5.26 Å². The van der Waals surface area contributed by atoms with Crippen LogP contribution in [0.15, 0.2) is 18.3 Å². The zero-order valence-electron chi connectivity index (χ0n) is 10.6. The number of aromatic nitrogens is 1. The molecule has 0 aromatic carbocycles. The fourth-order valence-electron chi connectivity index (χ4n) is 3.03. The molecule has 2 heterocycles. The van der Waals surface area contributed by atoms with Crippen LogP contribution >= 0.6 is 0 Å². The Hall–Kier alpha value is -1.66. The Balaban J connectivity index is 1.90. The van der Waals surface area contributed by atoms with E-state index in [1.807, 2.05) is 19.2 Å². The van der Waals surface area contributed by atoms with Crippen molar-refractivity contribution in [2.45, 2.75) is 19.8 Å². The van der Waals surface area contributed by atoms with Gasteiger partial charge in [0.15, 0.2) is 0 Å². The number of nitrogens with one attached hydrogen (secondary N) is 1. The Kier molecular flexibility index (Phi) is 2.89. The van der Waals surface area contributed by atoms with Gasteiger partial charge in [0.1, 0.15) is 6.07 Å². The quantitative estimate of drug-likeness (QED) is 0.818. The average molecular weight is 239 g/mol. The molecule has 0 saturated carbocycles. The standard InChI is InChI=1S/C15H17N3/c1-10-13(7-16)6-15(9-18-10)12-4-11-2-3-17-8-14(11)5-12/h5-6,9,11,14,17H,2-4,8H2,1H3/t11-,14-/m1/s1. The highest BCUT2D eigenvalue weighted by Crippen LogP contribution is 2.39. The van der Waals surface area contributed by atoms with Crippen molar-refractivity contribution in [2.24, 2.45) is 11.8 Å². The minimum Gasteiger partial charge on any atom is -0.316 e. The number of piperidine rings is 1. The number of hydrogen-bond donors (Lipinski definition) is 1. The van der Waals surface area contributed by atoms with Gasteiger partial charge in [0, 0.05) is 12.7 Å². The Morgan fingerprint density at radius 3 is 3.17 bits per heavy atom. The normalized spacial score (nSPS) is 26.3. The van der Waals surface area contributed by atoms with Gasteiger partial charge in [-0.1, -0.05) is 6.08 Å². The van der Waals surface area contributed by atoms with Gasteiger partial charge in [-0.3, -0.25) is 4.98 Å². The van der Waals surface area contributed by atoms with E-state index in [1.54, 1.807) is 0 Å². The molecule has 18 heavy (non-hydrogen) atoms. The van der Waals surface area contributed by atoms with Crippen molar-refractivity contribution in [1.82, 2.24) is 10.3 Å². The van der Waals surface area contributed by atoms with Crippen molar-refractivity contribution in [3.8, 4) is 6.07 Å². The zero-order valence-corrected chi connectivity index (χ0v) is 10.6. The van der Waals surface area contributed by atoms with Crippen molar-refractivity contribution in [3.63, 3.8) is 0 Å². The molecule has 1 fully saturated rings. The maximum absolute atomic E-state index is 9.07. The molecule has 3 heteroatoms. The first-order valence-corrected chi connectivity index (χ1v) is 6.56. The van der Waals surface area contributed by atoms with Crippen molar-refractivity contribution < 1.29 is 0 Å². The van der Waals surface area contributed by atoms with Crippen molar-refractivity contribution in [1.29, 1.82) is 5.26 Å². The molecule has 1 aliphatic heterocycles. The van der Waals surface area contributed by atoms with E-state index in [1.165, 1.54) is 12.0 Å². The Morgan fingerprint density at radius 2 is 2.39 bits per heavy atom. The number of allylic oxidation sites excluding steroid dienone is 1. The number of nitrogens with zero attached hydrogens (tertiary/aromatic N) is 2. The van der Waals surface area contributed by atoms with E-state index >= 15 is 0 Å². The molecular weight excluding hydrogens is 222 g/mol. The summed E-state index contributed by atoms with van der Waals surface area (Å²) in [5.41, 5.74) is 4.02. The van der Waals surface area contributed by atoms with E-state index in [0.717, 1.165) is 36.7 Å². The monoisotopic (exact) mass is 239 g/mol. The van der Waals surface area contributed by atoms with Crippen LogP contribution in [-0.4, -0.2) is 18.1 Å². The molecule has 1 aromatic rings. The first-order chi connectivity index (χ1) is 8.78. The molecule has 0 bridgehead atoms. The molecule has 1 saturated heterocycles. The van der Waals surface area contributed by atoms with E-state index in [-0.39, 0.29) is 0 Å². The number of pyridine rings is 1. The fourth-order valence-corrected chi connectivity index (χ4v) is 3.03. The Bertz CT molecular complexity index is 539. The third-order valence-electron chi connectivity index (χ3n) is 4.15. The Morgan fingerprint density at radius 1 is 1.50 bits per heavy atom. The number of hydrogen-bond acceptors (Lipinski definition) is 3. The maximum atomic E-state index is 9.07. The summed E-state index contributed by atoms with van der Waals surface area (Å²) in [6.07, 6.45) is 6.69. The summed E-state index contributed by atoms with van der Waals surface area (Å²) >= 11 is 0. The molecule has 0 unspecified atom stereocenters. The van der Waals surface area contributed by atoms with E-state index in [4.69, 9.17) is 5.26 Å². The minimum atomic E-state index is 0.667. The van der Waals surface area contributed by atoms with Crippen LogP contribution in [0.3, 0.4) is 0 Å². The van der Waals surface area contributed by atoms with E-state index in [9.17, 15) is 0 Å². The van der Waals surface area contributed by atoms with Gasteiger partial charge in [-0.15, -0.1) is 0 Å². The lowest BCUT2D eigenvalue weighted by atomic mass is 9.89. The van der Waals surface area contributed by atoms with Crippen LogP contribution < -0.4 is 5.32 Å². The minimum absolute atomic E-state index is 0.667. The van der Waals surface area contributed by atoms with Crippen LogP contribution in [-0.2, 0) is 0 Å². The lowest BCUT2D eigenvalue weighted by molar-refractivity contribution is 0.323. The van der Waals surface area contributed by atoms with Crippen molar-refractivity contribution >= 4 is 5.57 Å². The van der Waals surface area contributed by atoms with Crippen molar-refractivity contribution in [2.75, 3.05) is 13.1 Å². The summed E-state index contributed by atoms with van der Waals surface area (Å²) < 4.78 is 0. The highest BCUT2D eigenvalue weighted by molar-refractivity contribution is 5.69. The molecule has 1 aliphatic carbocycles. The summed E-state index contributed by atoms with van der Waals surface area (Å²) in [5.74, 6) is 1.45. The molecule has 0 spiro atoms.